The van der Waals surface area contributed by atoms with E-state index in [9.17, 15) is 9.59 Å². The van der Waals surface area contributed by atoms with Crippen LogP contribution in [-0.2, 0) is 9.47 Å². The molecule has 33 heavy (non-hydrogen) atoms. The molecule has 1 aromatic carbocycles. The Morgan fingerprint density at radius 2 is 1.76 bits per heavy atom. The van der Waals surface area contributed by atoms with E-state index < -0.39 is 11.9 Å². The van der Waals surface area contributed by atoms with Gasteiger partial charge in [0.15, 0.2) is 11.6 Å². The van der Waals surface area contributed by atoms with Crippen LogP contribution in [0.1, 0.15) is 40.1 Å². The van der Waals surface area contributed by atoms with Gasteiger partial charge >= 0.3 is 11.9 Å². The Labute approximate surface area is 189 Å². The highest BCUT2D eigenvalue weighted by Gasteiger charge is 2.24. The van der Waals surface area contributed by atoms with E-state index in [4.69, 9.17) is 14.5 Å². The van der Waals surface area contributed by atoms with Gasteiger partial charge in [-0.1, -0.05) is 18.2 Å². The minimum Gasteiger partial charge on any atom is -0.462 e. The van der Waals surface area contributed by atoms with Gasteiger partial charge in [-0.15, -0.1) is 0 Å². The van der Waals surface area contributed by atoms with E-state index in [-0.39, 0.29) is 36.0 Å². The lowest BCUT2D eigenvalue weighted by atomic mass is 10.1. The van der Waals surface area contributed by atoms with Crippen molar-refractivity contribution in [2.24, 2.45) is 0 Å². The van der Waals surface area contributed by atoms with Gasteiger partial charge in [-0.25, -0.2) is 24.5 Å². The SMILES string of the molecule is CCOC(=O)c1cncnc1Nc1c(C(=O)OCC)cnn1-c1cc(C)c2ccccc2n1. The molecule has 0 unspecified atom stereocenters. The van der Waals surface area contributed by atoms with Crippen molar-refractivity contribution in [2.45, 2.75) is 20.8 Å². The number of hydrogen-bond acceptors (Lipinski definition) is 9. The number of aromatic nitrogens is 5. The summed E-state index contributed by atoms with van der Waals surface area (Å²) in [6, 6.07) is 9.60. The summed E-state index contributed by atoms with van der Waals surface area (Å²) in [6.45, 7) is 5.78. The molecule has 3 aromatic heterocycles. The summed E-state index contributed by atoms with van der Waals surface area (Å²) in [4.78, 5) is 37.8. The number of ether oxygens (including phenoxy) is 2. The highest BCUT2D eigenvalue weighted by atomic mass is 16.5. The van der Waals surface area contributed by atoms with Crippen molar-refractivity contribution in [1.29, 1.82) is 0 Å². The van der Waals surface area contributed by atoms with Gasteiger partial charge in [0.1, 0.15) is 23.3 Å². The molecule has 4 aromatic rings. The number of nitrogens with zero attached hydrogens (tertiary/aromatic N) is 5. The normalized spacial score (nSPS) is 10.8. The molecule has 0 aliphatic heterocycles. The fourth-order valence-corrected chi connectivity index (χ4v) is 3.34. The molecule has 0 amide bonds. The van der Waals surface area contributed by atoms with Gasteiger partial charge in [-0.3, -0.25) is 0 Å². The first-order chi connectivity index (χ1) is 16.0. The van der Waals surface area contributed by atoms with Gasteiger partial charge < -0.3 is 14.8 Å². The molecule has 0 aliphatic carbocycles. The third-order valence-electron chi connectivity index (χ3n) is 4.84. The van der Waals surface area contributed by atoms with Crippen molar-refractivity contribution in [3.8, 4) is 5.82 Å². The number of hydrogen-bond donors (Lipinski definition) is 1. The van der Waals surface area contributed by atoms with Gasteiger partial charge in [0.05, 0.1) is 24.9 Å². The Morgan fingerprint density at radius 3 is 2.52 bits per heavy atom. The van der Waals surface area contributed by atoms with Crippen LogP contribution >= 0.6 is 0 Å². The zero-order valence-corrected chi connectivity index (χ0v) is 18.4. The zero-order valence-electron chi connectivity index (χ0n) is 18.4. The number of aryl methyl sites for hydroxylation is 1. The van der Waals surface area contributed by atoms with Crippen molar-refractivity contribution in [3.63, 3.8) is 0 Å². The second kappa shape index (κ2) is 9.43. The number of pyridine rings is 1. The molecule has 0 saturated heterocycles. The highest BCUT2D eigenvalue weighted by molar-refractivity contribution is 5.98. The maximum Gasteiger partial charge on any atom is 0.343 e. The molecule has 0 spiro atoms. The molecule has 168 valence electrons. The number of nitrogens with one attached hydrogen (secondary N) is 1. The van der Waals surface area contributed by atoms with Crippen molar-refractivity contribution >= 4 is 34.5 Å². The lowest BCUT2D eigenvalue weighted by molar-refractivity contribution is 0.0518. The lowest BCUT2D eigenvalue weighted by Gasteiger charge is -2.14. The number of fused-ring (bicyclic) bond motifs is 1. The summed E-state index contributed by atoms with van der Waals surface area (Å²) in [5.74, 6) is -0.274. The third-order valence-corrected chi connectivity index (χ3v) is 4.84. The number of esters is 2. The number of anilines is 2. The molecule has 10 nitrogen and oxygen atoms in total. The summed E-state index contributed by atoms with van der Waals surface area (Å²) < 4.78 is 11.8. The number of rotatable bonds is 7. The summed E-state index contributed by atoms with van der Waals surface area (Å²) >= 11 is 0. The smallest absolute Gasteiger partial charge is 0.343 e. The van der Waals surface area contributed by atoms with Gasteiger partial charge in [0.2, 0.25) is 0 Å². The molecular weight excluding hydrogens is 424 g/mol. The van der Waals surface area contributed by atoms with Crippen LogP contribution in [0.2, 0.25) is 0 Å². The molecule has 10 heteroatoms. The Kier molecular flexibility index (Phi) is 6.25. The standard InChI is InChI=1S/C23H22N6O4/c1-4-32-22(30)16-11-24-13-25-20(16)28-21-17(23(31)33-5-2)12-26-29(21)19-10-14(3)15-8-6-7-9-18(15)27-19/h6-13H,4-5H2,1-3H3,(H,24,25,28). The Hall–Kier alpha value is -4.34. The first-order valence-electron chi connectivity index (χ1n) is 10.4. The maximum atomic E-state index is 12.6. The Morgan fingerprint density at radius 1 is 1.03 bits per heavy atom. The van der Waals surface area contributed by atoms with E-state index in [1.54, 1.807) is 13.8 Å². The molecule has 0 atom stereocenters. The molecule has 0 saturated carbocycles. The number of benzene rings is 1. The van der Waals surface area contributed by atoms with Crippen LogP contribution in [0, 0.1) is 6.92 Å². The third kappa shape index (κ3) is 4.36. The van der Waals surface area contributed by atoms with Crippen LogP contribution in [0.25, 0.3) is 16.7 Å². The minimum absolute atomic E-state index is 0.115. The topological polar surface area (TPSA) is 121 Å². The largest absolute Gasteiger partial charge is 0.462 e. The zero-order chi connectivity index (χ0) is 23.4. The van der Waals surface area contributed by atoms with Gasteiger partial charge in [-0.2, -0.15) is 9.78 Å². The molecule has 0 fully saturated rings. The Bertz CT molecular complexity index is 1330. The van der Waals surface area contributed by atoms with E-state index in [1.165, 1.54) is 23.4 Å². The molecule has 1 N–H and O–H groups in total. The number of carbonyl (C=O) groups is 2. The van der Waals surface area contributed by atoms with E-state index in [0.717, 1.165) is 16.5 Å². The van der Waals surface area contributed by atoms with E-state index >= 15 is 0 Å². The average molecular weight is 446 g/mol. The number of carbonyl (C=O) groups excluding carboxylic acids is 2. The summed E-state index contributed by atoms with van der Waals surface area (Å²) in [7, 11) is 0. The highest BCUT2D eigenvalue weighted by Crippen LogP contribution is 2.27. The first-order valence-corrected chi connectivity index (χ1v) is 10.4. The quantitative estimate of drug-likeness (QED) is 0.424. The second-order valence-electron chi connectivity index (χ2n) is 6.98. The van der Waals surface area contributed by atoms with Crippen molar-refractivity contribution in [2.75, 3.05) is 18.5 Å². The van der Waals surface area contributed by atoms with Crippen LogP contribution < -0.4 is 5.32 Å². The van der Waals surface area contributed by atoms with Crippen LogP contribution in [0.4, 0.5) is 11.6 Å². The molecule has 0 aliphatic rings. The second-order valence-corrected chi connectivity index (χ2v) is 6.98. The molecule has 3 heterocycles. The monoisotopic (exact) mass is 446 g/mol. The first kappa shape index (κ1) is 21.9. The van der Waals surface area contributed by atoms with Crippen LogP contribution in [0.5, 0.6) is 0 Å². The summed E-state index contributed by atoms with van der Waals surface area (Å²) in [5, 5.41) is 8.43. The maximum absolute atomic E-state index is 12.6. The molecule has 0 bridgehead atoms. The van der Waals surface area contributed by atoms with Crippen molar-refractivity contribution < 1.29 is 19.1 Å². The van der Waals surface area contributed by atoms with Crippen molar-refractivity contribution in [1.82, 2.24) is 24.7 Å². The molecule has 0 radical (unpaired) electrons. The van der Waals surface area contributed by atoms with E-state index in [0.29, 0.717) is 5.82 Å². The fraction of sp³-hybridized carbons (Fsp3) is 0.217. The molecular formula is C23H22N6O4. The molecule has 4 rings (SSSR count). The van der Waals surface area contributed by atoms with Crippen LogP contribution in [-0.4, -0.2) is 49.9 Å². The lowest BCUT2D eigenvalue weighted by Crippen LogP contribution is -2.14. The van der Waals surface area contributed by atoms with Gasteiger partial charge in [-0.05, 0) is 38.5 Å². The number of para-hydroxylation sites is 1. The van der Waals surface area contributed by atoms with Crippen LogP contribution in [0.3, 0.4) is 0 Å². The Balaban J connectivity index is 1.85. The summed E-state index contributed by atoms with van der Waals surface area (Å²) in [6.07, 6.45) is 4.02. The minimum atomic E-state index is -0.593. The average Bonchev–Trinajstić information content (AvgIpc) is 3.23. The van der Waals surface area contributed by atoms with E-state index in [2.05, 4.69) is 20.4 Å². The fourth-order valence-electron chi connectivity index (χ4n) is 3.34. The summed E-state index contributed by atoms with van der Waals surface area (Å²) in [5.41, 5.74) is 2.05. The van der Waals surface area contributed by atoms with Crippen LogP contribution in [0.15, 0.2) is 49.1 Å². The predicted molar refractivity (Wildman–Crippen MR) is 121 cm³/mol. The predicted octanol–water partition coefficient (Wildman–Crippen LogP) is 3.62. The van der Waals surface area contributed by atoms with Crippen molar-refractivity contribution in [3.05, 3.63) is 65.7 Å². The van der Waals surface area contributed by atoms with Gasteiger partial charge in [0, 0.05) is 11.6 Å². The van der Waals surface area contributed by atoms with Gasteiger partial charge in [0.25, 0.3) is 0 Å². The van der Waals surface area contributed by atoms with E-state index in [1.807, 2.05) is 37.3 Å².